The highest BCUT2D eigenvalue weighted by Gasteiger charge is 2.17. The van der Waals surface area contributed by atoms with Gasteiger partial charge in [0.25, 0.3) is 0 Å². The third kappa shape index (κ3) is 4.54. The number of anilines is 2. The van der Waals surface area contributed by atoms with Crippen molar-refractivity contribution in [2.75, 3.05) is 5.32 Å². The summed E-state index contributed by atoms with van der Waals surface area (Å²) >= 11 is 3.24. The smallest absolute Gasteiger partial charge is 0.141 e. The van der Waals surface area contributed by atoms with Crippen molar-refractivity contribution in [1.29, 1.82) is 0 Å². The number of fused-ring (bicyclic) bond motifs is 2. The Hall–Kier alpha value is -2.38. The molecule has 2 aromatic heterocycles. The van der Waals surface area contributed by atoms with Crippen LogP contribution in [-0.2, 0) is 0 Å². The van der Waals surface area contributed by atoms with Crippen LogP contribution in [0, 0.1) is 0 Å². The maximum absolute atomic E-state index is 10.3. The second kappa shape index (κ2) is 8.32. The third-order valence-corrected chi connectivity index (χ3v) is 5.69. The van der Waals surface area contributed by atoms with Crippen LogP contribution in [0.1, 0.15) is 34.6 Å². The SMILES string of the molecule is CC.CC(C)(C)Sc1cc2c(Nc3ccc4scnc4c3)ncnc2cc1O. The van der Waals surface area contributed by atoms with Crippen LogP contribution in [0.5, 0.6) is 5.75 Å². The fourth-order valence-corrected chi connectivity index (χ4v) is 4.31. The molecular weight excluding hydrogens is 388 g/mol. The van der Waals surface area contributed by atoms with Crippen LogP contribution >= 0.6 is 23.1 Å². The van der Waals surface area contributed by atoms with Gasteiger partial charge in [-0.1, -0.05) is 34.6 Å². The van der Waals surface area contributed by atoms with Gasteiger partial charge in [-0.15, -0.1) is 23.1 Å². The summed E-state index contributed by atoms with van der Waals surface area (Å²) in [7, 11) is 0. The van der Waals surface area contributed by atoms with Gasteiger partial charge in [0.2, 0.25) is 0 Å². The molecule has 28 heavy (non-hydrogen) atoms. The van der Waals surface area contributed by atoms with Gasteiger partial charge in [-0.25, -0.2) is 15.0 Å². The first kappa shape index (κ1) is 20.4. The van der Waals surface area contributed by atoms with E-state index in [0.717, 1.165) is 26.2 Å². The van der Waals surface area contributed by atoms with Gasteiger partial charge >= 0.3 is 0 Å². The number of hydrogen-bond acceptors (Lipinski definition) is 7. The van der Waals surface area contributed by atoms with Gasteiger partial charge in [0, 0.05) is 21.9 Å². The van der Waals surface area contributed by atoms with Gasteiger partial charge in [0.15, 0.2) is 0 Å². The first-order valence-corrected chi connectivity index (χ1v) is 10.9. The average molecular weight is 413 g/mol. The van der Waals surface area contributed by atoms with Crippen molar-refractivity contribution in [2.45, 2.75) is 44.3 Å². The van der Waals surface area contributed by atoms with Crippen molar-refractivity contribution in [1.82, 2.24) is 15.0 Å². The lowest BCUT2D eigenvalue weighted by atomic mass is 10.2. The topological polar surface area (TPSA) is 70.9 Å². The molecule has 0 bridgehead atoms. The standard InChI is InChI=1S/C19H18N4OS2.C2H6/c1-19(2,3)26-17-7-12-13(8-15(17)24)20-9-21-18(12)23-11-4-5-16-14(6-11)22-10-25-16;1-2/h4-10,24H,1-3H3,(H,20,21,23);1-2H3. The lowest BCUT2D eigenvalue weighted by Gasteiger charge is -2.19. The molecule has 2 aromatic carbocycles. The largest absolute Gasteiger partial charge is 0.507 e. The van der Waals surface area contributed by atoms with Crippen molar-refractivity contribution >= 4 is 55.7 Å². The number of aromatic nitrogens is 3. The van der Waals surface area contributed by atoms with E-state index >= 15 is 0 Å². The Kier molecular flexibility index (Phi) is 6.05. The molecule has 5 nitrogen and oxygen atoms in total. The second-order valence-corrected chi connectivity index (χ2v) is 9.69. The van der Waals surface area contributed by atoms with Gasteiger partial charge in [-0.3, -0.25) is 0 Å². The van der Waals surface area contributed by atoms with Gasteiger partial charge < -0.3 is 10.4 Å². The van der Waals surface area contributed by atoms with Gasteiger partial charge in [-0.05, 0) is 24.3 Å². The van der Waals surface area contributed by atoms with E-state index in [2.05, 4.69) is 41.0 Å². The van der Waals surface area contributed by atoms with Crippen LogP contribution in [0.15, 0.2) is 47.1 Å². The molecule has 0 saturated heterocycles. The zero-order chi connectivity index (χ0) is 20.3. The molecule has 0 amide bonds. The van der Waals surface area contributed by atoms with Gasteiger partial charge in [0.1, 0.15) is 17.9 Å². The maximum atomic E-state index is 10.3. The Bertz CT molecular complexity index is 1100. The Morgan fingerprint density at radius 1 is 1.00 bits per heavy atom. The highest BCUT2D eigenvalue weighted by molar-refractivity contribution is 8.00. The predicted molar refractivity (Wildman–Crippen MR) is 121 cm³/mol. The number of benzene rings is 2. The summed E-state index contributed by atoms with van der Waals surface area (Å²) in [5.74, 6) is 0.950. The molecule has 2 heterocycles. The highest BCUT2D eigenvalue weighted by Crippen LogP contribution is 2.40. The summed E-state index contributed by atoms with van der Waals surface area (Å²) in [5, 5.41) is 14.6. The first-order chi connectivity index (χ1) is 13.4. The van der Waals surface area contributed by atoms with Gasteiger partial charge in [0.05, 0.1) is 26.1 Å². The third-order valence-electron chi connectivity index (χ3n) is 3.73. The molecule has 0 radical (unpaired) electrons. The molecular formula is C21H24N4OS2. The van der Waals surface area contributed by atoms with E-state index < -0.39 is 0 Å². The molecule has 0 aliphatic rings. The highest BCUT2D eigenvalue weighted by atomic mass is 32.2. The molecule has 7 heteroatoms. The van der Waals surface area contributed by atoms with Crippen molar-refractivity contribution < 1.29 is 5.11 Å². The van der Waals surface area contributed by atoms with Crippen LogP contribution in [0.3, 0.4) is 0 Å². The monoisotopic (exact) mass is 412 g/mol. The minimum atomic E-state index is -0.00988. The zero-order valence-electron chi connectivity index (χ0n) is 16.6. The molecule has 0 unspecified atom stereocenters. The normalized spacial score (nSPS) is 11.3. The zero-order valence-corrected chi connectivity index (χ0v) is 18.3. The average Bonchev–Trinajstić information content (AvgIpc) is 3.11. The molecule has 146 valence electrons. The van der Waals surface area contributed by atoms with E-state index in [1.807, 2.05) is 43.6 Å². The van der Waals surface area contributed by atoms with Crippen LogP contribution in [-0.4, -0.2) is 24.8 Å². The fraction of sp³-hybridized carbons (Fsp3) is 0.286. The van der Waals surface area contributed by atoms with E-state index in [1.54, 1.807) is 29.2 Å². The molecule has 0 saturated carbocycles. The van der Waals surface area contributed by atoms with Crippen molar-refractivity contribution in [3.63, 3.8) is 0 Å². The predicted octanol–water partition coefficient (Wildman–Crippen LogP) is 6.61. The quantitative estimate of drug-likeness (QED) is 0.369. The van der Waals surface area contributed by atoms with Crippen LogP contribution in [0.2, 0.25) is 0 Å². The summed E-state index contributed by atoms with van der Waals surface area (Å²) in [6.07, 6.45) is 1.50. The summed E-state index contributed by atoms with van der Waals surface area (Å²) in [4.78, 5) is 13.9. The molecule has 2 N–H and O–H groups in total. The second-order valence-electron chi connectivity index (χ2n) is 6.93. The summed E-state index contributed by atoms with van der Waals surface area (Å²) in [6, 6.07) is 9.71. The number of hydrogen-bond donors (Lipinski definition) is 2. The summed E-state index contributed by atoms with van der Waals surface area (Å²) in [6.45, 7) is 10.3. The number of nitrogens with one attached hydrogen (secondary N) is 1. The minimum absolute atomic E-state index is 0.00988. The Morgan fingerprint density at radius 2 is 1.79 bits per heavy atom. The number of thioether (sulfide) groups is 1. The molecule has 0 atom stereocenters. The molecule has 4 aromatic rings. The van der Waals surface area contributed by atoms with Crippen LogP contribution in [0.25, 0.3) is 21.1 Å². The summed E-state index contributed by atoms with van der Waals surface area (Å²) < 4.78 is 1.14. The molecule has 0 spiro atoms. The Morgan fingerprint density at radius 3 is 2.54 bits per heavy atom. The van der Waals surface area contributed by atoms with E-state index in [0.29, 0.717) is 11.3 Å². The molecule has 0 aliphatic carbocycles. The first-order valence-electron chi connectivity index (χ1n) is 9.16. The molecule has 0 fully saturated rings. The number of nitrogens with zero attached hydrogens (tertiary/aromatic N) is 3. The van der Waals surface area contributed by atoms with E-state index in [9.17, 15) is 5.11 Å². The van der Waals surface area contributed by atoms with E-state index in [-0.39, 0.29) is 10.5 Å². The number of phenolic OH excluding ortho intramolecular Hbond substituents is 1. The lowest BCUT2D eigenvalue weighted by molar-refractivity contribution is 0.463. The fourth-order valence-electron chi connectivity index (χ4n) is 2.66. The van der Waals surface area contributed by atoms with Crippen molar-refractivity contribution in [2.24, 2.45) is 0 Å². The Balaban J connectivity index is 0.00000109. The maximum Gasteiger partial charge on any atom is 0.141 e. The van der Waals surface area contributed by atoms with Crippen molar-refractivity contribution in [3.05, 3.63) is 42.2 Å². The number of aromatic hydroxyl groups is 1. The lowest BCUT2D eigenvalue weighted by Crippen LogP contribution is -2.06. The summed E-state index contributed by atoms with van der Waals surface area (Å²) in [5.41, 5.74) is 4.42. The number of phenols is 1. The van der Waals surface area contributed by atoms with E-state index in [4.69, 9.17) is 0 Å². The van der Waals surface area contributed by atoms with E-state index in [1.165, 1.54) is 6.33 Å². The van der Waals surface area contributed by atoms with Crippen LogP contribution in [0.4, 0.5) is 11.5 Å². The van der Waals surface area contributed by atoms with Crippen molar-refractivity contribution in [3.8, 4) is 5.75 Å². The van der Waals surface area contributed by atoms with Gasteiger partial charge in [-0.2, -0.15) is 0 Å². The Labute approximate surface area is 173 Å². The van der Waals surface area contributed by atoms with Crippen LogP contribution < -0.4 is 5.32 Å². The number of thiazole rings is 1. The molecule has 4 rings (SSSR count). The molecule has 0 aliphatic heterocycles. The minimum Gasteiger partial charge on any atom is -0.507 e. The number of rotatable bonds is 3.